The van der Waals surface area contributed by atoms with Gasteiger partial charge in [0.1, 0.15) is 24.4 Å². The SMILES string of the molecule is CC(=O)O[C@@H]1CC[C@]2(C)[C@H]3CC[C@]4(C)[C@@H]([C@H](C)[C@H]5OC(=O)C[C@@H](C(C)C)[C@H]5OC5CCCCO5)CC[C@H]4[C@@H]3C[C@H](OC(C)=O)[C@@H]2C1. The second-order valence-corrected chi connectivity index (χ2v) is 16.9. The van der Waals surface area contributed by atoms with Gasteiger partial charge in [-0.25, -0.2) is 0 Å². The van der Waals surface area contributed by atoms with E-state index in [1.807, 2.05) is 0 Å². The first kappa shape index (κ1) is 34.2. The zero-order valence-electron chi connectivity index (χ0n) is 29.5. The first-order valence-corrected chi connectivity index (χ1v) is 18.6. The fraction of sp³-hybridized carbons (Fsp3) is 0.921. The normalized spacial score (nSPS) is 46.3. The Kier molecular flexibility index (Phi) is 9.91. The van der Waals surface area contributed by atoms with E-state index in [9.17, 15) is 14.4 Å². The van der Waals surface area contributed by atoms with Gasteiger partial charge in [-0.1, -0.05) is 34.6 Å². The van der Waals surface area contributed by atoms with E-state index in [4.69, 9.17) is 23.7 Å². The van der Waals surface area contributed by atoms with Crippen LogP contribution in [0, 0.1) is 58.2 Å². The molecule has 2 saturated heterocycles. The lowest BCUT2D eigenvalue weighted by Crippen LogP contribution is -2.59. The molecule has 0 bridgehead atoms. The maximum Gasteiger partial charge on any atom is 0.306 e. The molecule has 4 saturated carbocycles. The lowest BCUT2D eigenvalue weighted by atomic mass is 9.43. The molecular formula is C38H60O8. The Morgan fingerprint density at radius 1 is 0.848 bits per heavy atom. The predicted molar refractivity (Wildman–Crippen MR) is 172 cm³/mol. The summed E-state index contributed by atoms with van der Waals surface area (Å²) in [6, 6.07) is 0. The average molecular weight is 645 g/mol. The molecule has 4 aliphatic carbocycles. The van der Waals surface area contributed by atoms with E-state index in [2.05, 4.69) is 34.6 Å². The Morgan fingerprint density at radius 2 is 1.57 bits per heavy atom. The van der Waals surface area contributed by atoms with Gasteiger partial charge in [0.25, 0.3) is 0 Å². The van der Waals surface area contributed by atoms with Gasteiger partial charge < -0.3 is 23.7 Å². The molecule has 0 aromatic heterocycles. The van der Waals surface area contributed by atoms with Gasteiger partial charge in [-0.05, 0) is 117 Å². The molecule has 14 atom stereocenters. The van der Waals surface area contributed by atoms with Gasteiger partial charge in [0.15, 0.2) is 6.29 Å². The van der Waals surface area contributed by atoms with Crippen LogP contribution in [0.2, 0.25) is 0 Å². The average Bonchev–Trinajstić information content (AvgIpc) is 3.35. The van der Waals surface area contributed by atoms with E-state index in [0.717, 1.165) is 77.2 Å². The molecule has 2 heterocycles. The van der Waals surface area contributed by atoms with E-state index in [1.54, 1.807) is 0 Å². The van der Waals surface area contributed by atoms with Gasteiger partial charge in [0, 0.05) is 32.3 Å². The predicted octanol–water partition coefficient (Wildman–Crippen LogP) is 7.25. The molecule has 0 spiro atoms. The highest BCUT2D eigenvalue weighted by Crippen LogP contribution is 2.69. The minimum absolute atomic E-state index is 0.0486. The molecule has 0 radical (unpaired) electrons. The van der Waals surface area contributed by atoms with Crippen LogP contribution in [0.4, 0.5) is 0 Å². The number of cyclic esters (lactones) is 1. The number of ether oxygens (including phenoxy) is 5. The van der Waals surface area contributed by atoms with Crippen molar-refractivity contribution >= 4 is 17.9 Å². The number of esters is 3. The highest BCUT2D eigenvalue weighted by atomic mass is 16.7. The van der Waals surface area contributed by atoms with Crippen molar-refractivity contribution < 1.29 is 38.1 Å². The molecule has 0 aromatic rings. The van der Waals surface area contributed by atoms with Crippen molar-refractivity contribution in [2.24, 2.45) is 58.2 Å². The Morgan fingerprint density at radius 3 is 2.24 bits per heavy atom. The first-order chi connectivity index (χ1) is 21.8. The Bertz CT molecular complexity index is 1130. The van der Waals surface area contributed by atoms with Crippen LogP contribution >= 0.6 is 0 Å². The lowest BCUT2D eigenvalue weighted by Gasteiger charge is -2.62. The van der Waals surface area contributed by atoms with E-state index in [-0.39, 0.29) is 77.2 Å². The van der Waals surface area contributed by atoms with E-state index in [0.29, 0.717) is 36.0 Å². The van der Waals surface area contributed by atoms with Gasteiger partial charge in [0.2, 0.25) is 0 Å². The molecule has 8 nitrogen and oxygen atoms in total. The Labute approximate surface area is 276 Å². The molecule has 8 heteroatoms. The fourth-order valence-corrected chi connectivity index (χ4v) is 12.1. The zero-order valence-corrected chi connectivity index (χ0v) is 29.5. The molecule has 6 fully saturated rings. The molecule has 46 heavy (non-hydrogen) atoms. The number of rotatable bonds is 7. The largest absolute Gasteiger partial charge is 0.463 e. The summed E-state index contributed by atoms with van der Waals surface area (Å²) < 4.78 is 31.0. The topological polar surface area (TPSA) is 97.4 Å². The zero-order chi connectivity index (χ0) is 33.0. The third kappa shape index (κ3) is 6.28. The summed E-state index contributed by atoms with van der Waals surface area (Å²) in [6.45, 7) is 15.4. The molecule has 0 N–H and O–H groups in total. The highest BCUT2D eigenvalue weighted by molar-refractivity contribution is 5.71. The highest BCUT2D eigenvalue weighted by Gasteiger charge is 2.64. The van der Waals surface area contributed by atoms with Crippen LogP contribution in [0.15, 0.2) is 0 Å². The molecule has 260 valence electrons. The van der Waals surface area contributed by atoms with Crippen molar-refractivity contribution in [2.75, 3.05) is 6.61 Å². The second kappa shape index (κ2) is 13.3. The van der Waals surface area contributed by atoms with Crippen LogP contribution in [-0.4, -0.2) is 55.2 Å². The molecule has 6 rings (SSSR count). The van der Waals surface area contributed by atoms with Gasteiger partial charge in [0.05, 0.1) is 6.42 Å². The first-order valence-electron chi connectivity index (χ1n) is 18.6. The summed E-state index contributed by atoms with van der Waals surface area (Å²) in [4.78, 5) is 37.4. The Balaban J connectivity index is 1.25. The van der Waals surface area contributed by atoms with Crippen molar-refractivity contribution in [3.8, 4) is 0 Å². The molecule has 6 aliphatic rings. The number of carbonyl (C=O) groups is 3. The Hall–Kier alpha value is -1.67. The van der Waals surface area contributed by atoms with E-state index in [1.165, 1.54) is 13.8 Å². The third-order valence-corrected chi connectivity index (χ3v) is 14.2. The number of fused-ring (bicyclic) bond motifs is 5. The minimum atomic E-state index is -0.281. The third-order valence-electron chi connectivity index (χ3n) is 14.2. The van der Waals surface area contributed by atoms with Crippen molar-refractivity contribution in [3.63, 3.8) is 0 Å². The van der Waals surface area contributed by atoms with Crippen LogP contribution in [-0.2, 0) is 38.1 Å². The van der Waals surface area contributed by atoms with Crippen LogP contribution in [0.25, 0.3) is 0 Å². The maximum atomic E-state index is 13.1. The van der Waals surface area contributed by atoms with Gasteiger partial charge in [-0.15, -0.1) is 0 Å². The van der Waals surface area contributed by atoms with Crippen LogP contribution in [0.1, 0.15) is 126 Å². The molecule has 0 aromatic carbocycles. The summed E-state index contributed by atoms with van der Waals surface area (Å²) in [5, 5.41) is 0. The van der Waals surface area contributed by atoms with E-state index >= 15 is 0 Å². The van der Waals surface area contributed by atoms with Crippen LogP contribution in [0.5, 0.6) is 0 Å². The number of carbonyl (C=O) groups excluding carboxylic acids is 3. The smallest absolute Gasteiger partial charge is 0.306 e. The van der Waals surface area contributed by atoms with Crippen LogP contribution < -0.4 is 0 Å². The van der Waals surface area contributed by atoms with Gasteiger partial charge in [-0.2, -0.15) is 0 Å². The fourth-order valence-electron chi connectivity index (χ4n) is 12.1. The van der Waals surface area contributed by atoms with Crippen molar-refractivity contribution in [3.05, 3.63) is 0 Å². The standard InChI is InChI=1S/C38H60O8/c1-21(2)26-20-33(41)45-35(36(26)46-34-10-8-9-17-42-34)22(3)28-11-12-29-27-19-32(44-24(5)40)31-18-25(43-23(4)39)13-15-38(31,7)30(27)14-16-37(28,29)6/h21-22,25-32,34-36H,8-20H2,1-7H3/t22-,25+,26-,27-,28+,29-,30-,31-,32-,34?,35+,36+,37+,38+/m0/s1. The lowest BCUT2D eigenvalue weighted by molar-refractivity contribution is -0.249. The maximum absolute atomic E-state index is 13.1. The van der Waals surface area contributed by atoms with Gasteiger partial charge >= 0.3 is 17.9 Å². The minimum Gasteiger partial charge on any atom is -0.463 e. The summed E-state index contributed by atoms with van der Waals surface area (Å²) in [6.07, 6.45) is 10.7. The van der Waals surface area contributed by atoms with E-state index < -0.39 is 0 Å². The molecule has 2 aliphatic heterocycles. The second-order valence-electron chi connectivity index (χ2n) is 16.9. The number of hydrogen-bond donors (Lipinski definition) is 0. The summed E-state index contributed by atoms with van der Waals surface area (Å²) in [5.41, 5.74) is 0.162. The molecule has 0 amide bonds. The summed E-state index contributed by atoms with van der Waals surface area (Å²) in [5.74, 6) is 2.23. The van der Waals surface area contributed by atoms with Crippen molar-refractivity contribution in [2.45, 2.75) is 156 Å². The molecule has 1 unspecified atom stereocenters. The molecular weight excluding hydrogens is 584 g/mol. The summed E-state index contributed by atoms with van der Waals surface area (Å²) >= 11 is 0. The van der Waals surface area contributed by atoms with Gasteiger partial charge in [-0.3, -0.25) is 14.4 Å². The number of hydrogen-bond acceptors (Lipinski definition) is 8. The van der Waals surface area contributed by atoms with Crippen molar-refractivity contribution in [1.82, 2.24) is 0 Å². The van der Waals surface area contributed by atoms with Crippen LogP contribution in [0.3, 0.4) is 0 Å². The monoisotopic (exact) mass is 644 g/mol. The summed E-state index contributed by atoms with van der Waals surface area (Å²) in [7, 11) is 0. The quantitative estimate of drug-likeness (QED) is 0.211. The van der Waals surface area contributed by atoms with Crippen molar-refractivity contribution in [1.29, 1.82) is 0 Å².